The van der Waals surface area contributed by atoms with Crippen LogP contribution in [0.5, 0.6) is 0 Å². The van der Waals surface area contributed by atoms with Crippen LogP contribution in [0.2, 0.25) is 0 Å². The maximum atomic E-state index is 13.0. The number of hydrogen-bond donors (Lipinski definition) is 1. The van der Waals surface area contributed by atoms with Gasteiger partial charge in [-0.15, -0.1) is 10.2 Å². The van der Waals surface area contributed by atoms with E-state index in [4.69, 9.17) is 4.74 Å². The molecular weight excluding hydrogens is 417 g/mol. The molecule has 0 aliphatic carbocycles. The average Bonchev–Trinajstić information content (AvgIpc) is 3.20. The molecule has 1 saturated heterocycles. The third-order valence-electron chi connectivity index (χ3n) is 5.05. The minimum atomic E-state index is -0.271. The molecule has 0 bridgehead atoms. The molecule has 1 fully saturated rings. The molecule has 0 saturated carbocycles. The maximum absolute atomic E-state index is 13.0. The number of halogens is 1. The van der Waals surface area contributed by atoms with Gasteiger partial charge in [0.15, 0.2) is 0 Å². The first-order valence-corrected chi connectivity index (χ1v) is 11.1. The number of hydrogen-bond acceptors (Lipinski definition) is 7. The Kier molecular flexibility index (Phi) is 6.83. The third kappa shape index (κ3) is 5.83. The summed E-state index contributed by atoms with van der Waals surface area (Å²) in [5.41, 5.74) is 1.81. The summed E-state index contributed by atoms with van der Waals surface area (Å²) < 4.78 is 18.9. The lowest BCUT2D eigenvalue weighted by atomic mass is 10.1. The van der Waals surface area contributed by atoms with Crippen molar-refractivity contribution in [2.24, 2.45) is 0 Å². The van der Waals surface area contributed by atoms with E-state index < -0.39 is 0 Å². The van der Waals surface area contributed by atoms with E-state index in [1.54, 1.807) is 12.1 Å². The topological polar surface area (TPSA) is 80.2 Å². The fourth-order valence-corrected chi connectivity index (χ4v) is 4.06. The molecule has 4 rings (SSSR count). The second-order valence-electron chi connectivity index (χ2n) is 7.38. The molecule has 31 heavy (non-hydrogen) atoms. The standard InChI is InChI=1S/C22H24FN5O2S/c1-15-26-27-22(31-15)25-20-6-3-5-18(24-20)19-14-28(12-13-30-19)21(29)7-2-4-16-8-10-17(23)11-9-16/h3,5-6,8-11,19H,2,4,7,12-14H2,1H3,(H,24,25,27)/t19-/m0/s1. The van der Waals surface area contributed by atoms with Gasteiger partial charge in [0.05, 0.1) is 18.8 Å². The van der Waals surface area contributed by atoms with Gasteiger partial charge in [-0.25, -0.2) is 9.37 Å². The summed E-state index contributed by atoms with van der Waals surface area (Å²) in [6.45, 7) is 3.43. The normalized spacial score (nSPS) is 16.3. The Hall–Kier alpha value is -2.91. The van der Waals surface area contributed by atoms with Crippen LogP contribution in [-0.4, -0.2) is 45.7 Å². The lowest BCUT2D eigenvalue weighted by Gasteiger charge is -2.33. The Bertz CT molecular complexity index is 1030. The van der Waals surface area contributed by atoms with Gasteiger partial charge in [-0.05, 0) is 49.6 Å². The summed E-state index contributed by atoms with van der Waals surface area (Å²) in [5.74, 6) is 0.527. The molecule has 3 heterocycles. The van der Waals surface area contributed by atoms with Gasteiger partial charge in [0.25, 0.3) is 0 Å². The number of pyridine rings is 1. The lowest BCUT2D eigenvalue weighted by molar-refractivity contribution is -0.139. The summed E-state index contributed by atoms with van der Waals surface area (Å²) >= 11 is 1.46. The van der Waals surface area contributed by atoms with Crippen LogP contribution in [0.25, 0.3) is 0 Å². The van der Waals surface area contributed by atoms with Crippen LogP contribution < -0.4 is 5.32 Å². The molecule has 7 nitrogen and oxygen atoms in total. The van der Waals surface area contributed by atoms with Crippen molar-refractivity contribution in [1.82, 2.24) is 20.1 Å². The second kappa shape index (κ2) is 9.93. The molecule has 1 aliphatic rings. The highest BCUT2D eigenvalue weighted by Gasteiger charge is 2.26. The highest BCUT2D eigenvalue weighted by Crippen LogP contribution is 2.24. The number of nitrogens with one attached hydrogen (secondary N) is 1. The van der Waals surface area contributed by atoms with Gasteiger partial charge in [-0.1, -0.05) is 29.5 Å². The van der Waals surface area contributed by atoms with Crippen molar-refractivity contribution in [3.8, 4) is 0 Å². The van der Waals surface area contributed by atoms with Crippen LogP contribution in [-0.2, 0) is 16.0 Å². The smallest absolute Gasteiger partial charge is 0.222 e. The fraction of sp³-hybridized carbons (Fsp3) is 0.364. The summed E-state index contributed by atoms with van der Waals surface area (Å²) in [4.78, 5) is 19.2. The Morgan fingerprint density at radius 2 is 2.10 bits per heavy atom. The van der Waals surface area contributed by atoms with Crippen molar-refractivity contribution in [1.29, 1.82) is 0 Å². The van der Waals surface area contributed by atoms with Gasteiger partial charge in [0, 0.05) is 13.0 Å². The van der Waals surface area contributed by atoms with Gasteiger partial charge >= 0.3 is 0 Å². The minimum absolute atomic E-state index is 0.106. The van der Waals surface area contributed by atoms with Crippen LogP contribution in [0.4, 0.5) is 15.3 Å². The van der Waals surface area contributed by atoms with E-state index >= 15 is 0 Å². The number of benzene rings is 1. The van der Waals surface area contributed by atoms with E-state index in [-0.39, 0.29) is 17.8 Å². The predicted molar refractivity (Wildman–Crippen MR) is 117 cm³/mol. The van der Waals surface area contributed by atoms with Crippen LogP contribution in [0, 0.1) is 12.7 Å². The molecule has 1 aromatic carbocycles. The van der Waals surface area contributed by atoms with Gasteiger partial charge in [-0.2, -0.15) is 0 Å². The SMILES string of the molecule is Cc1nnc(Nc2cccc([C@@H]3CN(C(=O)CCCc4ccc(F)cc4)CCO3)n2)s1. The number of aromatic nitrogens is 3. The first-order valence-electron chi connectivity index (χ1n) is 10.2. The van der Waals surface area contributed by atoms with Crippen LogP contribution in [0.3, 0.4) is 0 Å². The Morgan fingerprint density at radius 1 is 1.26 bits per heavy atom. The largest absolute Gasteiger partial charge is 0.368 e. The zero-order valence-electron chi connectivity index (χ0n) is 17.3. The summed E-state index contributed by atoms with van der Waals surface area (Å²) in [6.07, 6.45) is 1.66. The fourth-order valence-electron chi connectivity index (χ4n) is 3.46. The van der Waals surface area contributed by atoms with Gasteiger partial charge in [0.2, 0.25) is 11.0 Å². The molecule has 2 aromatic heterocycles. The number of rotatable bonds is 7. The van der Waals surface area contributed by atoms with Crippen molar-refractivity contribution < 1.29 is 13.9 Å². The molecule has 9 heteroatoms. The van der Waals surface area contributed by atoms with E-state index in [0.29, 0.717) is 37.1 Å². The summed E-state index contributed by atoms with van der Waals surface area (Å²) in [5, 5.41) is 12.8. The molecule has 1 N–H and O–H groups in total. The Balaban J connectivity index is 1.32. The quantitative estimate of drug-likeness (QED) is 0.596. The number of amides is 1. The zero-order chi connectivity index (χ0) is 21.6. The molecule has 3 aromatic rings. The maximum Gasteiger partial charge on any atom is 0.222 e. The van der Waals surface area contributed by atoms with E-state index in [1.807, 2.05) is 30.0 Å². The monoisotopic (exact) mass is 441 g/mol. The predicted octanol–water partition coefficient (Wildman–Crippen LogP) is 4.05. The van der Waals surface area contributed by atoms with Gasteiger partial charge < -0.3 is 15.0 Å². The number of aryl methyl sites for hydroxylation is 2. The molecule has 162 valence electrons. The number of carbonyl (C=O) groups is 1. The first-order chi connectivity index (χ1) is 15.1. The van der Waals surface area contributed by atoms with Crippen LogP contribution in [0.15, 0.2) is 42.5 Å². The third-order valence-corrected chi connectivity index (χ3v) is 5.80. The van der Waals surface area contributed by atoms with Crippen molar-refractivity contribution in [2.75, 3.05) is 25.0 Å². The highest BCUT2D eigenvalue weighted by atomic mass is 32.1. The number of nitrogens with zero attached hydrogens (tertiary/aromatic N) is 4. The van der Waals surface area contributed by atoms with Crippen LogP contribution >= 0.6 is 11.3 Å². The minimum Gasteiger partial charge on any atom is -0.368 e. The molecule has 0 unspecified atom stereocenters. The van der Waals surface area contributed by atoms with Crippen molar-refractivity contribution in [3.63, 3.8) is 0 Å². The van der Waals surface area contributed by atoms with Gasteiger partial charge in [-0.3, -0.25) is 4.79 Å². The second-order valence-corrected chi connectivity index (χ2v) is 8.56. The molecular formula is C22H24FN5O2S. The van der Waals surface area contributed by atoms with Crippen LogP contribution in [0.1, 0.15) is 35.2 Å². The van der Waals surface area contributed by atoms with Crippen molar-refractivity contribution in [3.05, 3.63) is 64.5 Å². The van der Waals surface area contributed by atoms with Crippen molar-refractivity contribution in [2.45, 2.75) is 32.3 Å². The van der Waals surface area contributed by atoms with E-state index in [9.17, 15) is 9.18 Å². The Labute approximate surface area is 184 Å². The van der Waals surface area contributed by atoms with Crippen molar-refractivity contribution >= 4 is 28.2 Å². The van der Waals surface area contributed by atoms with E-state index in [1.165, 1.54) is 23.5 Å². The molecule has 1 aliphatic heterocycles. The summed E-state index contributed by atoms with van der Waals surface area (Å²) in [7, 11) is 0. The molecule has 0 spiro atoms. The molecule has 0 radical (unpaired) electrons. The summed E-state index contributed by atoms with van der Waals surface area (Å²) in [6, 6.07) is 12.1. The molecule has 1 atom stereocenters. The first kappa shape index (κ1) is 21.3. The number of ether oxygens (including phenoxy) is 1. The lowest BCUT2D eigenvalue weighted by Crippen LogP contribution is -2.42. The number of anilines is 2. The zero-order valence-corrected chi connectivity index (χ0v) is 18.1. The number of carbonyl (C=O) groups excluding carboxylic acids is 1. The Morgan fingerprint density at radius 3 is 2.87 bits per heavy atom. The van der Waals surface area contributed by atoms with Gasteiger partial charge in [0.1, 0.15) is 22.7 Å². The average molecular weight is 442 g/mol. The van der Waals surface area contributed by atoms with E-state index in [2.05, 4.69) is 20.5 Å². The number of morpholine rings is 1. The highest BCUT2D eigenvalue weighted by molar-refractivity contribution is 7.15. The van der Waals surface area contributed by atoms with E-state index in [0.717, 1.165) is 29.1 Å². The molecule has 1 amide bonds.